The van der Waals surface area contributed by atoms with Gasteiger partial charge in [0, 0.05) is 24.8 Å². The zero-order valence-corrected chi connectivity index (χ0v) is 11.1. The van der Waals surface area contributed by atoms with Crippen LogP contribution in [-0.4, -0.2) is 28.9 Å². The number of carbonyl (C=O) groups is 1. The third-order valence-electron chi connectivity index (χ3n) is 3.66. The van der Waals surface area contributed by atoms with Crippen molar-refractivity contribution in [2.24, 2.45) is 5.41 Å². The van der Waals surface area contributed by atoms with Gasteiger partial charge >= 0.3 is 0 Å². The molecular formula is C14H21N3O. The number of aromatic nitrogens is 1. The molecule has 0 aromatic carbocycles. The van der Waals surface area contributed by atoms with Gasteiger partial charge in [-0.3, -0.25) is 4.79 Å². The zero-order chi connectivity index (χ0) is 13.2. The van der Waals surface area contributed by atoms with Crippen LogP contribution in [0.25, 0.3) is 0 Å². The first-order valence-corrected chi connectivity index (χ1v) is 6.49. The second-order valence-corrected chi connectivity index (χ2v) is 5.78. The van der Waals surface area contributed by atoms with Crippen LogP contribution in [0, 0.1) is 5.41 Å². The monoisotopic (exact) mass is 247 g/mol. The Morgan fingerprint density at radius 1 is 1.39 bits per heavy atom. The zero-order valence-electron chi connectivity index (χ0n) is 11.1. The molecule has 1 aliphatic rings. The molecule has 0 aliphatic carbocycles. The predicted octanol–water partition coefficient (Wildman–Crippen LogP) is 2.32. The third kappa shape index (κ3) is 3.00. The smallest absolute Gasteiger partial charge is 0.254 e. The maximum Gasteiger partial charge on any atom is 0.254 e. The van der Waals surface area contributed by atoms with Gasteiger partial charge in [-0.05, 0) is 36.8 Å². The summed E-state index contributed by atoms with van der Waals surface area (Å²) in [4.78, 5) is 18.2. The fourth-order valence-corrected chi connectivity index (χ4v) is 2.39. The Labute approximate surface area is 108 Å². The maximum atomic E-state index is 12.4. The van der Waals surface area contributed by atoms with Crippen molar-refractivity contribution >= 4 is 11.7 Å². The molecule has 0 saturated carbocycles. The summed E-state index contributed by atoms with van der Waals surface area (Å²) in [7, 11) is 0. The number of pyridine rings is 1. The van der Waals surface area contributed by atoms with Gasteiger partial charge in [0.15, 0.2) is 0 Å². The van der Waals surface area contributed by atoms with E-state index in [-0.39, 0.29) is 5.91 Å². The Morgan fingerprint density at radius 3 is 2.89 bits per heavy atom. The molecule has 2 N–H and O–H groups in total. The molecule has 4 nitrogen and oxygen atoms in total. The van der Waals surface area contributed by atoms with Gasteiger partial charge in [0.05, 0.1) is 0 Å². The Kier molecular flexibility index (Phi) is 3.55. The molecule has 2 rings (SSSR count). The number of nitrogens with zero attached hydrogens (tertiary/aromatic N) is 2. The number of likely N-dealkylation sites (tertiary alicyclic amines) is 1. The highest BCUT2D eigenvalue weighted by Gasteiger charge is 2.25. The fraction of sp³-hybridized carbons (Fsp3) is 0.571. The second kappa shape index (κ2) is 4.96. The summed E-state index contributed by atoms with van der Waals surface area (Å²) in [5.74, 6) is 0.470. The molecule has 0 radical (unpaired) electrons. The largest absolute Gasteiger partial charge is 0.384 e. The van der Waals surface area contributed by atoms with Crippen LogP contribution in [-0.2, 0) is 0 Å². The van der Waals surface area contributed by atoms with Crippen molar-refractivity contribution in [1.82, 2.24) is 9.88 Å². The lowest BCUT2D eigenvalue weighted by molar-refractivity contribution is 0.0757. The molecular weight excluding hydrogens is 226 g/mol. The van der Waals surface area contributed by atoms with E-state index >= 15 is 0 Å². The van der Waals surface area contributed by atoms with Crippen molar-refractivity contribution in [2.75, 3.05) is 18.8 Å². The average Bonchev–Trinajstić information content (AvgIpc) is 2.49. The van der Waals surface area contributed by atoms with Crippen molar-refractivity contribution in [3.63, 3.8) is 0 Å². The molecule has 1 aromatic rings. The van der Waals surface area contributed by atoms with E-state index in [1.54, 1.807) is 18.3 Å². The third-order valence-corrected chi connectivity index (χ3v) is 3.66. The van der Waals surface area contributed by atoms with E-state index in [1.165, 1.54) is 6.42 Å². The van der Waals surface area contributed by atoms with Crippen molar-refractivity contribution < 1.29 is 4.79 Å². The molecule has 1 amide bonds. The van der Waals surface area contributed by atoms with Gasteiger partial charge in [0.2, 0.25) is 0 Å². The molecule has 1 aromatic heterocycles. The van der Waals surface area contributed by atoms with Gasteiger partial charge in [-0.1, -0.05) is 13.8 Å². The van der Waals surface area contributed by atoms with Crippen LogP contribution in [0.15, 0.2) is 18.3 Å². The summed E-state index contributed by atoms with van der Waals surface area (Å²) in [6.45, 7) is 6.20. The summed E-state index contributed by atoms with van der Waals surface area (Å²) < 4.78 is 0. The molecule has 1 aliphatic heterocycles. The van der Waals surface area contributed by atoms with Crippen LogP contribution in [0.5, 0.6) is 0 Å². The van der Waals surface area contributed by atoms with Gasteiger partial charge < -0.3 is 10.6 Å². The first kappa shape index (κ1) is 12.9. The highest BCUT2D eigenvalue weighted by atomic mass is 16.2. The predicted molar refractivity (Wildman–Crippen MR) is 72.2 cm³/mol. The first-order chi connectivity index (χ1) is 8.48. The van der Waals surface area contributed by atoms with Crippen LogP contribution in [0.2, 0.25) is 0 Å². The van der Waals surface area contributed by atoms with Gasteiger partial charge in [0.25, 0.3) is 5.91 Å². The van der Waals surface area contributed by atoms with E-state index in [1.807, 2.05) is 4.90 Å². The number of rotatable bonds is 1. The number of hydrogen-bond donors (Lipinski definition) is 1. The van der Waals surface area contributed by atoms with Gasteiger partial charge in [0.1, 0.15) is 5.82 Å². The minimum absolute atomic E-state index is 0.0711. The van der Waals surface area contributed by atoms with Crippen molar-refractivity contribution in [2.45, 2.75) is 33.1 Å². The van der Waals surface area contributed by atoms with Gasteiger partial charge in [-0.25, -0.2) is 4.98 Å². The Bertz CT molecular complexity index is 442. The molecule has 1 saturated heterocycles. The highest BCUT2D eigenvalue weighted by Crippen LogP contribution is 2.30. The van der Waals surface area contributed by atoms with Crippen LogP contribution in [0.4, 0.5) is 5.82 Å². The van der Waals surface area contributed by atoms with E-state index in [2.05, 4.69) is 18.8 Å². The van der Waals surface area contributed by atoms with E-state index in [4.69, 9.17) is 5.73 Å². The number of anilines is 1. The molecule has 0 atom stereocenters. The fourth-order valence-electron chi connectivity index (χ4n) is 2.39. The molecule has 18 heavy (non-hydrogen) atoms. The van der Waals surface area contributed by atoms with Crippen LogP contribution in [0.3, 0.4) is 0 Å². The average molecular weight is 247 g/mol. The normalized spacial score (nSPS) is 19.3. The van der Waals surface area contributed by atoms with E-state index in [0.717, 1.165) is 25.9 Å². The van der Waals surface area contributed by atoms with Gasteiger partial charge in [-0.2, -0.15) is 0 Å². The highest BCUT2D eigenvalue weighted by molar-refractivity contribution is 5.94. The molecule has 0 unspecified atom stereocenters. The van der Waals surface area contributed by atoms with Crippen LogP contribution < -0.4 is 5.73 Å². The number of nitrogen functional groups attached to an aromatic ring is 1. The Balaban J connectivity index is 2.10. The summed E-state index contributed by atoms with van der Waals surface area (Å²) in [6, 6.07) is 3.38. The van der Waals surface area contributed by atoms with Crippen molar-refractivity contribution in [3.05, 3.63) is 23.9 Å². The van der Waals surface area contributed by atoms with Crippen molar-refractivity contribution in [1.29, 1.82) is 0 Å². The van der Waals surface area contributed by atoms with Crippen LogP contribution in [0.1, 0.15) is 43.5 Å². The first-order valence-electron chi connectivity index (χ1n) is 6.49. The molecule has 0 bridgehead atoms. The Morgan fingerprint density at radius 2 is 2.17 bits per heavy atom. The van der Waals surface area contributed by atoms with Crippen LogP contribution >= 0.6 is 0 Å². The van der Waals surface area contributed by atoms with E-state index in [0.29, 0.717) is 16.8 Å². The number of hydrogen-bond acceptors (Lipinski definition) is 3. The molecule has 4 heteroatoms. The minimum Gasteiger partial charge on any atom is -0.384 e. The Hall–Kier alpha value is -1.58. The summed E-state index contributed by atoms with van der Waals surface area (Å²) in [6.07, 6.45) is 4.89. The molecule has 0 spiro atoms. The summed E-state index contributed by atoms with van der Waals surface area (Å²) >= 11 is 0. The maximum absolute atomic E-state index is 12.4. The minimum atomic E-state index is 0.0711. The quantitative estimate of drug-likeness (QED) is 0.828. The lowest BCUT2D eigenvalue weighted by Crippen LogP contribution is -2.32. The topological polar surface area (TPSA) is 59.2 Å². The lowest BCUT2D eigenvalue weighted by atomic mass is 9.85. The van der Waals surface area contributed by atoms with Crippen molar-refractivity contribution in [3.8, 4) is 0 Å². The SMILES string of the molecule is CC1(C)CCCN(C(=O)c2ccnc(N)c2)CC1. The molecule has 98 valence electrons. The number of carbonyl (C=O) groups excluding carboxylic acids is 1. The van der Waals surface area contributed by atoms with Gasteiger partial charge in [-0.15, -0.1) is 0 Å². The van der Waals surface area contributed by atoms with E-state index in [9.17, 15) is 4.79 Å². The second-order valence-electron chi connectivity index (χ2n) is 5.78. The lowest BCUT2D eigenvalue weighted by Gasteiger charge is -2.23. The molecule has 2 heterocycles. The number of nitrogens with two attached hydrogens (primary N) is 1. The molecule has 1 fully saturated rings. The summed E-state index contributed by atoms with van der Waals surface area (Å²) in [5, 5.41) is 0. The standard InChI is InChI=1S/C14H21N3O/c1-14(2)5-3-8-17(9-6-14)13(18)11-4-7-16-12(15)10-11/h4,7,10H,3,5-6,8-9H2,1-2H3,(H2,15,16). The number of amides is 1. The summed E-state index contributed by atoms with van der Waals surface area (Å²) in [5.41, 5.74) is 6.60. The van der Waals surface area contributed by atoms with E-state index < -0.39 is 0 Å².